The summed E-state index contributed by atoms with van der Waals surface area (Å²) in [5, 5.41) is 19.7. The molecule has 1 unspecified atom stereocenters. The first-order chi connectivity index (χ1) is 8.20. The predicted octanol–water partition coefficient (Wildman–Crippen LogP) is 1.82. The van der Waals surface area contributed by atoms with Gasteiger partial charge in [0.1, 0.15) is 0 Å². The van der Waals surface area contributed by atoms with Crippen molar-refractivity contribution in [2.24, 2.45) is 0 Å². The van der Waals surface area contributed by atoms with E-state index in [4.69, 9.17) is 14.7 Å². The lowest BCUT2D eigenvalue weighted by molar-refractivity contribution is -0.386. The number of hydrogen-bond acceptors (Lipinski definition) is 5. The molecule has 0 aromatic heterocycles. The van der Waals surface area contributed by atoms with Crippen molar-refractivity contribution in [2.75, 3.05) is 20.3 Å². The summed E-state index contributed by atoms with van der Waals surface area (Å²) in [4.78, 5) is 10.3. The van der Waals surface area contributed by atoms with Crippen LogP contribution < -0.4 is 0 Å². The Balaban J connectivity index is 2.88. The van der Waals surface area contributed by atoms with Gasteiger partial charge in [-0.25, -0.2) is 0 Å². The number of rotatable bonds is 6. The van der Waals surface area contributed by atoms with Crippen LogP contribution in [0.25, 0.3) is 0 Å². The number of nitriles is 1. The van der Waals surface area contributed by atoms with Crippen LogP contribution in [0.4, 0.5) is 5.69 Å². The molecule has 0 radical (unpaired) electrons. The molecule has 6 heteroatoms. The van der Waals surface area contributed by atoms with E-state index in [1.807, 2.05) is 6.07 Å². The fraction of sp³-hybridized carbons (Fsp3) is 0.364. The average Bonchev–Trinajstić information content (AvgIpc) is 2.35. The molecule has 0 fully saturated rings. The van der Waals surface area contributed by atoms with Gasteiger partial charge in [-0.2, -0.15) is 5.26 Å². The highest BCUT2D eigenvalue weighted by Crippen LogP contribution is 2.26. The first kappa shape index (κ1) is 13.1. The minimum atomic E-state index is -0.952. The summed E-state index contributed by atoms with van der Waals surface area (Å²) in [6.45, 7) is 0.541. The third-order valence-corrected chi connectivity index (χ3v) is 2.11. The second-order valence-corrected chi connectivity index (χ2v) is 3.19. The maximum Gasteiger partial charge on any atom is 0.276 e. The van der Waals surface area contributed by atoms with E-state index in [1.54, 1.807) is 12.1 Å². The minimum absolute atomic E-state index is 0.114. The van der Waals surface area contributed by atoms with Gasteiger partial charge >= 0.3 is 0 Å². The Kier molecular flexibility index (Phi) is 5.07. The largest absolute Gasteiger partial charge is 0.382 e. The van der Waals surface area contributed by atoms with E-state index in [9.17, 15) is 10.1 Å². The molecule has 90 valence electrons. The molecule has 0 heterocycles. The number of ether oxygens (including phenoxy) is 2. The third kappa shape index (κ3) is 3.52. The molecule has 0 amide bonds. The number of nitro benzene ring substituents is 1. The van der Waals surface area contributed by atoms with E-state index in [0.717, 1.165) is 0 Å². The normalized spacial score (nSPS) is 11.8. The maximum absolute atomic E-state index is 10.8. The zero-order valence-corrected chi connectivity index (χ0v) is 9.33. The standard InChI is InChI=1S/C11H12N2O4/c1-16-6-7-17-11(8-12)9-4-2-3-5-10(9)13(14)15/h2-5,11H,6-7H2,1H3. The molecule has 0 aliphatic carbocycles. The third-order valence-electron chi connectivity index (χ3n) is 2.11. The second-order valence-electron chi connectivity index (χ2n) is 3.19. The minimum Gasteiger partial charge on any atom is -0.382 e. The first-order valence-corrected chi connectivity index (χ1v) is 4.94. The Hall–Kier alpha value is -1.97. The molecular weight excluding hydrogens is 224 g/mol. The van der Waals surface area contributed by atoms with Crippen LogP contribution in [0.3, 0.4) is 0 Å². The van der Waals surface area contributed by atoms with Crippen molar-refractivity contribution in [2.45, 2.75) is 6.10 Å². The van der Waals surface area contributed by atoms with Crippen molar-refractivity contribution in [3.63, 3.8) is 0 Å². The fourth-order valence-electron chi connectivity index (χ4n) is 1.32. The molecule has 0 bridgehead atoms. The van der Waals surface area contributed by atoms with E-state index in [1.165, 1.54) is 19.2 Å². The van der Waals surface area contributed by atoms with Crippen LogP contribution in [0.5, 0.6) is 0 Å². The second kappa shape index (κ2) is 6.58. The first-order valence-electron chi connectivity index (χ1n) is 4.94. The van der Waals surface area contributed by atoms with Crippen LogP contribution in [0.15, 0.2) is 24.3 Å². The Morgan fingerprint density at radius 2 is 2.18 bits per heavy atom. The van der Waals surface area contributed by atoms with E-state index in [-0.39, 0.29) is 17.9 Å². The molecule has 1 aromatic rings. The Morgan fingerprint density at radius 3 is 2.76 bits per heavy atom. The molecule has 1 atom stereocenters. The van der Waals surface area contributed by atoms with Crippen LogP contribution in [-0.2, 0) is 9.47 Å². The van der Waals surface area contributed by atoms with Crippen LogP contribution in [-0.4, -0.2) is 25.2 Å². The van der Waals surface area contributed by atoms with E-state index < -0.39 is 11.0 Å². The van der Waals surface area contributed by atoms with E-state index >= 15 is 0 Å². The lowest BCUT2D eigenvalue weighted by Gasteiger charge is -2.10. The maximum atomic E-state index is 10.8. The molecule has 0 saturated carbocycles. The summed E-state index contributed by atoms with van der Waals surface area (Å²) in [5.74, 6) is 0. The Morgan fingerprint density at radius 1 is 1.47 bits per heavy atom. The van der Waals surface area contributed by atoms with Gasteiger partial charge in [-0.1, -0.05) is 12.1 Å². The summed E-state index contributed by atoms with van der Waals surface area (Å²) in [6.07, 6.45) is -0.952. The Labute approximate surface area is 98.5 Å². The van der Waals surface area contributed by atoms with E-state index in [0.29, 0.717) is 6.61 Å². The van der Waals surface area contributed by atoms with Gasteiger partial charge in [-0.05, 0) is 6.07 Å². The molecule has 0 saturated heterocycles. The van der Waals surface area contributed by atoms with Gasteiger partial charge in [0.05, 0.1) is 29.8 Å². The molecular formula is C11H12N2O4. The summed E-state index contributed by atoms with van der Waals surface area (Å²) < 4.78 is 10.0. The number of hydrogen-bond donors (Lipinski definition) is 0. The van der Waals surface area contributed by atoms with Crippen LogP contribution >= 0.6 is 0 Å². The zero-order chi connectivity index (χ0) is 12.7. The predicted molar refractivity (Wildman–Crippen MR) is 59.3 cm³/mol. The number of benzene rings is 1. The zero-order valence-electron chi connectivity index (χ0n) is 9.33. The lowest BCUT2D eigenvalue weighted by atomic mass is 10.1. The summed E-state index contributed by atoms with van der Waals surface area (Å²) in [7, 11) is 1.51. The molecule has 17 heavy (non-hydrogen) atoms. The molecule has 6 nitrogen and oxygen atoms in total. The van der Waals surface area contributed by atoms with Gasteiger partial charge in [0.2, 0.25) is 0 Å². The fourth-order valence-corrected chi connectivity index (χ4v) is 1.32. The monoisotopic (exact) mass is 236 g/mol. The van der Waals surface area contributed by atoms with Crippen molar-refractivity contribution in [1.82, 2.24) is 0 Å². The molecule has 1 rings (SSSR count). The number of para-hydroxylation sites is 1. The number of nitrogens with zero attached hydrogens (tertiary/aromatic N) is 2. The van der Waals surface area contributed by atoms with E-state index in [2.05, 4.69) is 0 Å². The van der Waals surface area contributed by atoms with Gasteiger partial charge in [-0.15, -0.1) is 0 Å². The highest BCUT2D eigenvalue weighted by atomic mass is 16.6. The molecule has 0 aliphatic rings. The van der Waals surface area contributed by atoms with Crippen molar-refractivity contribution in [1.29, 1.82) is 5.26 Å². The van der Waals surface area contributed by atoms with Gasteiger partial charge in [0.15, 0.2) is 6.10 Å². The van der Waals surface area contributed by atoms with Gasteiger partial charge in [-0.3, -0.25) is 10.1 Å². The number of methoxy groups -OCH3 is 1. The molecule has 0 aliphatic heterocycles. The summed E-state index contributed by atoms with van der Waals surface area (Å²) in [5.41, 5.74) is 0.146. The quantitative estimate of drug-likeness (QED) is 0.427. The van der Waals surface area contributed by atoms with Crippen LogP contribution in [0.2, 0.25) is 0 Å². The van der Waals surface area contributed by atoms with Crippen LogP contribution in [0, 0.1) is 21.4 Å². The summed E-state index contributed by atoms with van der Waals surface area (Å²) in [6, 6.07) is 7.93. The van der Waals surface area contributed by atoms with Gasteiger partial charge in [0, 0.05) is 13.2 Å². The Bertz CT molecular complexity index is 428. The van der Waals surface area contributed by atoms with Gasteiger partial charge in [0.25, 0.3) is 5.69 Å². The summed E-state index contributed by atoms with van der Waals surface area (Å²) >= 11 is 0. The van der Waals surface area contributed by atoms with Crippen molar-refractivity contribution >= 4 is 5.69 Å². The lowest BCUT2D eigenvalue weighted by Crippen LogP contribution is -2.09. The SMILES string of the molecule is COCCOC(C#N)c1ccccc1[N+](=O)[O-]. The molecule has 1 aromatic carbocycles. The van der Waals surface area contributed by atoms with Crippen molar-refractivity contribution in [3.05, 3.63) is 39.9 Å². The highest BCUT2D eigenvalue weighted by molar-refractivity contribution is 5.43. The van der Waals surface area contributed by atoms with Crippen LogP contribution in [0.1, 0.15) is 11.7 Å². The van der Waals surface area contributed by atoms with Crippen molar-refractivity contribution < 1.29 is 14.4 Å². The smallest absolute Gasteiger partial charge is 0.276 e. The van der Waals surface area contributed by atoms with Gasteiger partial charge < -0.3 is 9.47 Å². The molecule has 0 spiro atoms. The highest BCUT2D eigenvalue weighted by Gasteiger charge is 2.21. The topological polar surface area (TPSA) is 85.4 Å². The molecule has 0 N–H and O–H groups in total. The average molecular weight is 236 g/mol. The number of nitro groups is 1. The van der Waals surface area contributed by atoms with Crippen molar-refractivity contribution in [3.8, 4) is 6.07 Å².